The first-order valence-electron chi connectivity index (χ1n) is 7.80. The first-order valence-corrected chi connectivity index (χ1v) is 7.80. The fourth-order valence-corrected chi connectivity index (χ4v) is 2.90. The molecule has 0 aliphatic carbocycles. The maximum absolute atomic E-state index is 12.7. The molecule has 1 aromatic rings. The summed E-state index contributed by atoms with van der Waals surface area (Å²) in [5.74, 6) is 0.0216. The molecule has 0 aromatic heterocycles. The van der Waals surface area contributed by atoms with E-state index in [-0.39, 0.29) is 24.2 Å². The van der Waals surface area contributed by atoms with Crippen LogP contribution in [-0.2, 0) is 16.0 Å². The fourth-order valence-electron chi connectivity index (χ4n) is 2.90. The van der Waals surface area contributed by atoms with Crippen molar-refractivity contribution in [2.75, 3.05) is 40.3 Å². The summed E-state index contributed by atoms with van der Waals surface area (Å²) in [5, 5.41) is 0. The van der Waals surface area contributed by atoms with Crippen LogP contribution in [0.2, 0.25) is 0 Å². The summed E-state index contributed by atoms with van der Waals surface area (Å²) in [7, 11) is 3.54. The van der Waals surface area contributed by atoms with Crippen molar-refractivity contribution in [3.63, 3.8) is 0 Å². The molecular formula is C17H25N3O3. The normalized spacial score (nSPS) is 19.3. The molecule has 0 bridgehead atoms. The quantitative estimate of drug-likeness (QED) is 0.873. The van der Waals surface area contributed by atoms with Gasteiger partial charge in [-0.2, -0.15) is 0 Å². The van der Waals surface area contributed by atoms with Crippen LogP contribution in [0.5, 0.6) is 5.75 Å². The standard InChI is InChI=1S/C17H25N3O3/c1-12-4-5-15(23-3)13(8-12)9-16(21)20-7-6-19(2)10-14(11-20)17(18)22/h4-5,8,14H,6-7,9-11H2,1-3H3,(H2,18,22). The third-order valence-electron chi connectivity index (χ3n) is 4.26. The van der Waals surface area contributed by atoms with Crippen LogP contribution in [0.25, 0.3) is 0 Å². The molecule has 126 valence electrons. The van der Waals surface area contributed by atoms with Gasteiger partial charge in [-0.3, -0.25) is 9.59 Å². The molecule has 1 atom stereocenters. The number of ether oxygens (including phenoxy) is 1. The van der Waals surface area contributed by atoms with Crippen molar-refractivity contribution in [2.24, 2.45) is 11.7 Å². The predicted octanol–water partition coefficient (Wildman–Crippen LogP) is 0.422. The number of primary amides is 1. The van der Waals surface area contributed by atoms with Crippen LogP contribution in [0.1, 0.15) is 11.1 Å². The van der Waals surface area contributed by atoms with Gasteiger partial charge in [0, 0.05) is 31.7 Å². The van der Waals surface area contributed by atoms with Crippen molar-refractivity contribution < 1.29 is 14.3 Å². The average Bonchev–Trinajstić information content (AvgIpc) is 2.69. The minimum atomic E-state index is -0.357. The molecule has 1 aliphatic rings. The number of methoxy groups -OCH3 is 1. The predicted molar refractivity (Wildman–Crippen MR) is 88.2 cm³/mol. The second kappa shape index (κ2) is 7.46. The van der Waals surface area contributed by atoms with E-state index >= 15 is 0 Å². The lowest BCUT2D eigenvalue weighted by Crippen LogP contribution is -2.40. The van der Waals surface area contributed by atoms with E-state index in [4.69, 9.17) is 10.5 Å². The molecule has 0 spiro atoms. The van der Waals surface area contributed by atoms with Crippen LogP contribution in [-0.4, -0.2) is 62.0 Å². The summed E-state index contributed by atoms with van der Waals surface area (Å²) in [6.45, 7) is 4.30. The minimum Gasteiger partial charge on any atom is -0.496 e. The molecule has 2 rings (SSSR count). The molecule has 6 heteroatoms. The Balaban J connectivity index is 2.13. The molecule has 0 radical (unpaired) electrons. The van der Waals surface area contributed by atoms with Gasteiger partial charge in [0.2, 0.25) is 11.8 Å². The highest BCUT2D eigenvalue weighted by molar-refractivity contribution is 5.82. The Morgan fingerprint density at radius 1 is 1.30 bits per heavy atom. The number of carbonyl (C=O) groups excluding carboxylic acids is 2. The first-order chi connectivity index (χ1) is 10.9. The number of nitrogens with zero attached hydrogens (tertiary/aromatic N) is 2. The van der Waals surface area contributed by atoms with Gasteiger partial charge in [0.25, 0.3) is 0 Å². The lowest BCUT2D eigenvalue weighted by atomic mass is 10.1. The Hall–Kier alpha value is -2.08. The van der Waals surface area contributed by atoms with E-state index in [0.717, 1.165) is 17.7 Å². The molecule has 2 amide bonds. The van der Waals surface area contributed by atoms with Crippen molar-refractivity contribution in [3.8, 4) is 5.75 Å². The number of hydrogen-bond donors (Lipinski definition) is 1. The van der Waals surface area contributed by atoms with Gasteiger partial charge in [0.05, 0.1) is 19.4 Å². The van der Waals surface area contributed by atoms with Crippen molar-refractivity contribution in [2.45, 2.75) is 13.3 Å². The van der Waals surface area contributed by atoms with Gasteiger partial charge in [-0.15, -0.1) is 0 Å². The number of benzene rings is 1. The molecule has 6 nitrogen and oxygen atoms in total. The zero-order valence-corrected chi connectivity index (χ0v) is 14.0. The van der Waals surface area contributed by atoms with Crippen LogP contribution >= 0.6 is 0 Å². The Bertz CT molecular complexity index is 588. The number of likely N-dealkylation sites (N-methyl/N-ethyl adjacent to an activating group) is 1. The molecule has 0 saturated carbocycles. The Labute approximate surface area is 137 Å². The average molecular weight is 319 g/mol. The molecule has 1 fully saturated rings. The zero-order valence-electron chi connectivity index (χ0n) is 14.0. The highest BCUT2D eigenvalue weighted by atomic mass is 16.5. The summed E-state index contributed by atoms with van der Waals surface area (Å²) < 4.78 is 5.34. The van der Waals surface area contributed by atoms with Crippen molar-refractivity contribution >= 4 is 11.8 Å². The monoisotopic (exact) mass is 319 g/mol. The van der Waals surface area contributed by atoms with Gasteiger partial charge in [0.15, 0.2) is 0 Å². The van der Waals surface area contributed by atoms with E-state index in [1.54, 1.807) is 12.0 Å². The summed E-state index contributed by atoms with van der Waals surface area (Å²) >= 11 is 0. The van der Waals surface area contributed by atoms with Gasteiger partial charge in [0.1, 0.15) is 5.75 Å². The van der Waals surface area contributed by atoms with Crippen molar-refractivity contribution in [1.29, 1.82) is 0 Å². The van der Waals surface area contributed by atoms with Crippen LogP contribution in [0, 0.1) is 12.8 Å². The van der Waals surface area contributed by atoms with Gasteiger partial charge in [-0.05, 0) is 20.0 Å². The van der Waals surface area contributed by atoms with Gasteiger partial charge in [-0.25, -0.2) is 0 Å². The van der Waals surface area contributed by atoms with Gasteiger partial charge in [-0.1, -0.05) is 17.7 Å². The van der Waals surface area contributed by atoms with Crippen LogP contribution < -0.4 is 10.5 Å². The summed E-state index contributed by atoms with van der Waals surface area (Å²) in [6.07, 6.45) is 0.264. The third kappa shape index (κ3) is 4.45. The van der Waals surface area contributed by atoms with Crippen LogP contribution in [0.4, 0.5) is 0 Å². The summed E-state index contributed by atoms with van der Waals surface area (Å²) in [5.41, 5.74) is 7.40. The SMILES string of the molecule is COc1ccc(C)cc1CC(=O)N1CCN(C)CC(C(N)=O)C1. The number of amides is 2. The number of aryl methyl sites for hydroxylation is 1. The topological polar surface area (TPSA) is 75.9 Å². The maximum Gasteiger partial charge on any atom is 0.227 e. The van der Waals surface area contributed by atoms with E-state index in [0.29, 0.717) is 25.4 Å². The third-order valence-corrected chi connectivity index (χ3v) is 4.26. The van der Waals surface area contributed by atoms with Crippen molar-refractivity contribution in [3.05, 3.63) is 29.3 Å². The maximum atomic E-state index is 12.7. The lowest BCUT2D eigenvalue weighted by molar-refractivity contribution is -0.131. The largest absolute Gasteiger partial charge is 0.496 e. The van der Waals surface area contributed by atoms with E-state index in [2.05, 4.69) is 0 Å². The molecule has 1 unspecified atom stereocenters. The highest BCUT2D eigenvalue weighted by Gasteiger charge is 2.27. The van der Waals surface area contributed by atoms with Gasteiger partial charge < -0.3 is 20.3 Å². The van der Waals surface area contributed by atoms with Crippen LogP contribution in [0.15, 0.2) is 18.2 Å². The summed E-state index contributed by atoms with van der Waals surface area (Å²) in [4.78, 5) is 28.0. The smallest absolute Gasteiger partial charge is 0.227 e. The Kier molecular flexibility index (Phi) is 5.60. The van der Waals surface area contributed by atoms with E-state index in [1.165, 1.54) is 0 Å². The van der Waals surface area contributed by atoms with Crippen molar-refractivity contribution in [1.82, 2.24) is 9.80 Å². The number of hydrogen-bond acceptors (Lipinski definition) is 4. The molecule has 1 heterocycles. The van der Waals surface area contributed by atoms with Crippen LogP contribution in [0.3, 0.4) is 0 Å². The van der Waals surface area contributed by atoms with E-state index in [1.807, 2.05) is 37.1 Å². The molecule has 23 heavy (non-hydrogen) atoms. The minimum absolute atomic E-state index is 0.00421. The molecule has 1 aliphatic heterocycles. The lowest BCUT2D eigenvalue weighted by Gasteiger charge is -2.23. The first kappa shape index (κ1) is 17.3. The summed E-state index contributed by atoms with van der Waals surface area (Å²) in [6, 6.07) is 5.80. The molecular weight excluding hydrogens is 294 g/mol. The fraction of sp³-hybridized carbons (Fsp3) is 0.529. The number of nitrogens with two attached hydrogens (primary N) is 1. The zero-order chi connectivity index (χ0) is 17.0. The Morgan fingerprint density at radius 3 is 2.70 bits per heavy atom. The molecule has 2 N–H and O–H groups in total. The van der Waals surface area contributed by atoms with E-state index < -0.39 is 0 Å². The van der Waals surface area contributed by atoms with E-state index in [9.17, 15) is 9.59 Å². The molecule has 1 aromatic carbocycles. The second-order valence-corrected chi connectivity index (χ2v) is 6.19. The highest BCUT2D eigenvalue weighted by Crippen LogP contribution is 2.21. The number of carbonyl (C=O) groups is 2. The second-order valence-electron chi connectivity index (χ2n) is 6.19. The van der Waals surface area contributed by atoms with Gasteiger partial charge >= 0.3 is 0 Å². The number of rotatable bonds is 4. The Morgan fingerprint density at radius 2 is 2.04 bits per heavy atom. The molecule has 1 saturated heterocycles.